The Kier molecular flexibility index (Phi) is 4.85. The Morgan fingerprint density at radius 1 is 1.43 bits per heavy atom. The first kappa shape index (κ1) is 17.2. The molecule has 1 aliphatic rings. The maximum atomic E-state index is 12.4. The smallest absolute Gasteiger partial charge is 0.273 e. The van der Waals surface area contributed by atoms with Crippen LogP contribution in [0.1, 0.15) is 13.3 Å². The lowest BCUT2D eigenvalue weighted by molar-refractivity contribution is -0.384. The number of hydrogen-bond acceptors (Lipinski definition) is 7. The van der Waals surface area contributed by atoms with Crippen molar-refractivity contribution >= 4 is 27.4 Å². The van der Waals surface area contributed by atoms with Gasteiger partial charge in [0.25, 0.3) is 21.7 Å². The van der Waals surface area contributed by atoms with Crippen LogP contribution < -0.4 is 9.64 Å². The molecule has 23 heavy (non-hydrogen) atoms. The van der Waals surface area contributed by atoms with Crippen molar-refractivity contribution in [2.24, 2.45) is 0 Å². The van der Waals surface area contributed by atoms with Crippen LogP contribution in [0.25, 0.3) is 0 Å². The molecule has 10 heteroatoms. The summed E-state index contributed by atoms with van der Waals surface area (Å²) in [5, 5.41) is 10.8. The fourth-order valence-corrected chi connectivity index (χ4v) is 2.64. The third-order valence-corrected chi connectivity index (χ3v) is 3.84. The fourth-order valence-electron chi connectivity index (χ4n) is 2.25. The van der Waals surface area contributed by atoms with Gasteiger partial charge in [-0.2, -0.15) is 8.42 Å². The molecule has 9 nitrogen and oxygen atoms in total. The molecular weight excluding hydrogens is 328 g/mol. The summed E-state index contributed by atoms with van der Waals surface area (Å²) in [6.45, 7) is 1.91. The van der Waals surface area contributed by atoms with Crippen molar-refractivity contribution in [2.45, 2.75) is 19.4 Å². The van der Waals surface area contributed by atoms with E-state index in [4.69, 9.17) is 4.74 Å². The highest BCUT2D eigenvalue weighted by Crippen LogP contribution is 2.37. The molecule has 1 heterocycles. The number of ether oxygens (including phenoxy) is 1. The number of nitrogens with zero attached hydrogens (tertiary/aromatic N) is 2. The summed E-state index contributed by atoms with van der Waals surface area (Å²) in [7, 11) is -3.61. The van der Waals surface area contributed by atoms with Gasteiger partial charge in [-0.15, -0.1) is 0 Å². The second-order valence-electron chi connectivity index (χ2n) is 4.91. The zero-order valence-electron chi connectivity index (χ0n) is 12.6. The van der Waals surface area contributed by atoms with E-state index in [0.29, 0.717) is 12.2 Å². The molecule has 1 aliphatic heterocycles. The van der Waals surface area contributed by atoms with Gasteiger partial charge in [0, 0.05) is 19.0 Å². The zero-order chi connectivity index (χ0) is 17.2. The van der Waals surface area contributed by atoms with Crippen LogP contribution in [-0.4, -0.2) is 44.8 Å². The Morgan fingerprint density at radius 2 is 2.13 bits per heavy atom. The molecule has 126 valence electrons. The SMILES string of the molecule is CCN1C(=O)C(CCOS(C)(=O)=O)Oc2cc([N+](=O)[O-])ccc21. The number of non-ortho nitro benzene ring substituents is 1. The van der Waals surface area contributed by atoms with E-state index in [1.54, 1.807) is 6.92 Å². The molecule has 1 aromatic rings. The molecule has 1 unspecified atom stereocenters. The third-order valence-electron chi connectivity index (χ3n) is 3.25. The van der Waals surface area contributed by atoms with Crippen molar-refractivity contribution in [3.63, 3.8) is 0 Å². The van der Waals surface area contributed by atoms with E-state index in [9.17, 15) is 23.3 Å². The van der Waals surface area contributed by atoms with E-state index in [1.807, 2.05) is 0 Å². The second kappa shape index (κ2) is 6.50. The van der Waals surface area contributed by atoms with Crippen molar-refractivity contribution in [3.05, 3.63) is 28.3 Å². The molecule has 0 aliphatic carbocycles. The Hall–Kier alpha value is -2.20. The number of rotatable bonds is 6. The van der Waals surface area contributed by atoms with Gasteiger partial charge in [0.15, 0.2) is 11.9 Å². The summed E-state index contributed by atoms with van der Waals surface area (Å²) >= 11 is 0. The Balaban J connectivity index is 2.23. The molecule has 0 bridgehead atoms. The average molecular weight is 344 g/mol. The van der Waals surface area contributed by atoms with Crippen LogP contribution in [0.15, 0.2) is 18.2 Å². The topological polar surface area (TPSA) is 116 Å². The standard InChI is InChI=1S/C13H16N2O7S/c1-3-14-10-5-4-9(15(17)18)8-12(10)22-11(13(14)16)6-7-21-23(2,19)20/h4-5,8,11H,3,6-7H2,1-2H3. The molecule has 0 spiro atoms. The lowest BCUT2D eigenvalue weighted by Crippen LogP contribution is -2.46. The number of hydrogen-bond donors (Lipinski definition) is 0. The third kappa shape index (κ3) is 3.96. The maximum absolute atomic E-state index is 12.4. The number of carbonyl (C=O) groups excluding carboxylic acids is 1. The number of nitro benzene ring substituents is 1. The minimum Gasteiger partial charge on any atom is -0.478 e. The second-order valence-corrected chi connectivity index (χ2v) is 6.56. The summed E-state index contributed by atoms with van der Waals surface area (Å²) in [6.07, 6.45) is -0.0239. The lowest BCUT2D eigenvalue weighted by Gasteiger charge is -2.33. The minimum atomic E-state index is -3.61. The first-order chi connectivity index (χ1) is 10.7. The van der Waals surface area contributed by atoms with Crippen molar-refractivity contribution in [1.82, 2.24) is 0 Å². The van der Waals surface area contributed by atoms with Gasteiger partial charge in [0.2, 0.25) is 0 Å². The van der Waals surface area contributed by atoms with E-state index in [2.05, 4.69) is 4.18 Å². The quantitative estimate of drug-likeness (QED) is 0.430. The largest absolute Gasteiger partial charge is 0.478 e. The monoisotopic (exact) mass is 344 g/mol. The molecule has 0 saturated carbocycles. The van der Waals surface area contributed by atoms with Gasteiger partial charge in [0.1, 0.15) is 0 Å². The Morgan fingerprint density at radius 3 is 2.70 bits per heavy atom. The number of nitro groups is 1. The van der Waals surface area contributed by atoms with Crippen molar-refractivity contribution < 1.29 is 27.1 Å². The highest BCUT2D eigenvalue weighted by atomic mass is 32.2. The summed E-state index contributed by atoms with van der Waals surface area (Å²) in [4.78, 5) is 24.1. The van der Waals surface area contributed by atoms with E-state index >= 15 is 0 Å². The van der Waals surface area contributed by atoms with Gasteiger partial charge >= 0.3 is 0 Å². The van der Waals surface area contributed by atoms with E-state index in [-0.39, 0.29) is 30.4 Å². The zero-order valence-corrected chi connectivity index (χ0v) is 13.4. The molecule has 0 aromatic heterocycles. The molecule has 0 fully saturated rings. The van der Waals surface area contributed by atoms with Gasteiger partial charge in [-0.1, -0.05) is 0 Å². The predicted octanol–water partition coefficient (Wildman–Crippen LogP) is 1.07. The highest BCUT2D eigenvalue weighted by molar-refractivity contribution is 7.85. The Labute approximate surface area is 133 Å². The van der Waals surface area contributed by atoms with Gasteiger partial charge in [-0.25, -0.2) is 0 Å². The number of fused-ring (bicyclic) bond motifs is 1. The Bertz CT molecular complexity index is 732. The normalized spacial score (nSPS) is 17.6. The molecule has 1 aromatic carbocycles. The van der Waals surface area contributed by atoms with Crippen LogP contribution >= 0.6 is 0 Å². The van der Waals surface area contributed by atoms with Crippen molar-refractivity contribution in [1.29, 1.82) is 0 Å². The van der Waals surface area contributed by atoms with Crippen molar-refractivity contribution in [3.8, 4) is 5.75 Å². The molecule has 0 radical (unpaired) electrons. The molecule has 2 rings (SSSR count). The number of benzene rings is 1. The van der Waals surface area contributed by atoms with Crippen LogP contribution in [0.5, 0.6) is 5.75 Å². The van der Waals surface area contributed by atoms with Crippen LogP contribution in [-0.2, 0) is 19.1 Å². The molecule has 0 saturated heterocycles. The first-order valence-corrected chi connectivity index (χ1v) is 8.65. The minimum absolute atomic E-state index is 0.0184. The van der Waals surface area contributed by atoms with Gasteiger partial charge in [0.05, 0.1) is 29.5 Å². The van der Waals surface area contributed by atoms with Crippen LogP contribution in [0, 0.1) is 10.1 Å². The van der Waals surface area contributed by atoms with E-state index in [0.717, 1.165) is 6.26 Å². The number of amides is 1. The summed E-state index contributed by atoms with van der Waals surface area (Å²) in [5.74, 6) is -0.129. The fraction of sp³-hybridized carbons (Fsp3) is 0.462. The molecule has 0 N–H and O–H groups in total. The molecule has 1 amide bonds. The summed E-state index contributed by atoms with van der Waals surface area (Å²) in [6, 6.07) is 4.00. The highest BCUT2D eigenvalue weighted by Gasteiger charge is 2.34. The van der Waals surface area contributed by atoms with Crippen LogP contribution in [0.3, 0.4) is 0 Å². The van der Waals surface area contributed by atoms with Gasteiger partial charge in [-0.3, -0.25) is 19.1 Å². The number of carbonyl (C=O) groups is 1. The van der Waals surface area contributed by atoms with Crippen LogP contribution in [0.4, 0.5) is 11.4 Å². The first-order valence-electron chi connectivity index (χ1n) is 6.84. The van der Waals surface area contributed by atoms with Crippen LogP contribution in [0.2, 0.25) is 0 Å². The summed E-state index contributed by atoms with van der Waals surface area (Å²) in [5.41, 5.74) is 0.295. The molecule has 1 atom stereocenters. The lowest BCUT2D eigenvalue weighted by atomic mass is 10.1. The van der Waals surface area contributed by atoms with E-state index < -0.39 is 21.1 Å². The predicted molar refractivity (Wildman–Crippen MR) is 81.0 cm³/mol. The maximum Gasteiger partial charge on any atom is 0.273 e. The van der Waals surface area contributed by atoms with Gasteiger partial charge in [-0.05, 0) is 13.0 Å². The van der Waals surface area contributed by atoms with Crippen molar-refractivity contribution in [2.75, 3.05) is 24.3 Å². The number of likely N-dealkylation sites (N-methyl/N-ethyl adjacent to an activating group) is 1. The van der Waals surface area contributed by atoms with E-state index in [1.165, 1.54) is 23.1 Å². The molecular formula is C13H16N2O7S. The average Bonchev–Trinajstić information content (AvgIpc) is 2.46. The number of anilines is 1. The van der Waals surface area contributed by atoms with Gasteiger partial charge < -0.3 is 9.64 Å². The summed E-state index contributed by atoms with van der Waals surface area (Å²) < 4.78 is 32.0.